The first-order chi connectivity index (χ1) is 9.65. The minimum absolute atomic E-state index is 0.0181. The molecule has 1 aromatic rings. The van der Waals surface area contributed by atoms with Crippen LogP contribution >= 0.6 is 11.8 Å². The number of carboxylic acid groups (broad SMARTS) is 1. The van der Waals surface area contributed by atoms with Crippen LogP contribution in [-0.2, 0) is 16.0 Å². The predicted molar refractivity (Wildman–Crippen MR) is 80.1 cm³/mol. The van der Waals surface area contributed by atoms with Crippen LogP contribution in [0.3, 0.4) is 0 Å². The number of carboxylic acids is 1. The van der Waals surface area contributed by atoms with Gasteiger partial charge in [-0.1, -0.05) is 12.1 Å². The molecular weight excluding hydrogens is 276 g/mol. The molecule has 0 radical (unpaired) electrons. The zero-order valence-electron chi connectivity index (χ0n) is 11.1. The lowest BCUT2D eigenvalue weighted by atomic mass is 10.1. The zero-order valence-corrected chi connectivity index (χ0v) is 11.9. The van der Waals surface area contributed by atoms with Crippen LogP contribution in [-0.4, -0.2) is 41.1 Å². The highest BCUT2D eigenvalue weighted by Crippen LogP contribution is 2.13. The standard InChI is InChI=1S/C14H18N2O3S/c17-13(18)6-3-10-1-4-11(5-2-10)16-14(19)12-9-20-8-7-15-12/h1-2,4-5,12,15H,3,6-9H2,(H,16,19)(H,17,18). The average molecular weight is 294 g/mol. The van der Waals surface area contributed by atoms with Gasteiger partial charge < -0.3 is 15.7 Å². The Morgan fingerprint density at radius 3 is 2.70 bits per heavy atom. The lowest BCUT2D eigenvalue weighted by molar-refractivity contribution is -0.137. The van der Waals surface area contributed by atoms with E-state index in [0.717, 1.165) is 29.3 Å². The fourth-order valence-corrected chi connectivity index (χ4v) is 2.90. The Morgan fingerprint density at radius 2 is 2.10 bits per heavy atom. The van der Waals surface area contributed by atoms with Crippen molar-refractivity contribution in [1.82, 2.24) is 5.32 Å². The van der Waals surface area contributed by atoms with Crippen LogP contribution in [0, 0.1) is 0 Å². The maximum absolute atomic E-state index is 12.0. The van der Waals surface area contributed by atoms with Crippen LogP contribution in [0.2, 0.25) is 0 Å². The number of hydrogen-bond acceptors (Lipinski definition) is 4. The van der Waals surface area contributed by atoms with Crippen LogP contribution in [0.4, 0.5) is 5.69 Å². The van der Waals surface area contributed by atoms with Crippen molar-refractivity contribution in [2.75, 3.05) is 23.4 Å². The van der Waals surface area contributed by atoms with E-state index in [0.29, 0.717) is 6.42 Å². The van der Waals surface area contributed by atoms with E-state index in [-0.39, 0.29) is 18.4 Å². The molecule has 1 heterocycles. The lowest BCUT2D eigenvalue weighted by Gasteiger charge is -2.22. The zero-order chi connectivity index (χ0) is 14.4. The number of amides is 1. The van der Waals surface area contributed by atoms with Crippen molar-refractivity contribution in [3.8, 4) is 0 Å². The van der Waals surface area contributed by atoms with Gasteiger partial charge in [0.25, 0.3) is 0 Å². The third-order valence-electron chi connectivity index (χ3n) is 3.09. The van der Waals surface area contributed by atoms with Crippen molar-refractivity contribution < 1.29 is 14.7 Å². The molecule has 2 rings (SSSR count). The number of aliphatic carboxylic acids is 1. The van der Waals surface area contributed by atoms with Crippen molar-refractivity contribution in [3.63, 3.8) is 0 Å². The van der Waals surface area contributed by atoms with E-state index in [1.54, 1.807) is 11.8 Å². The van der Waals surface area contributed by atoms with Crippen LogP contribution in [0.5, 0.6) is 0 Å². The molecule has 1 saturated heterocycles. The Hall–Kier alpha value is -1.53. The van der Waals surface area contributed by atoms with E-state index < -0.39 is 5.97 Å². The number of hydrogen-bond donors (Lipinski definition) is 3. The molecule has 0 bridgehead atoms. The molecule has 1 aliphatic heterocycles. The minimum Gasteiger partial charge on any atom is -0.481 e. The van der Waals surface area contributed by atoms with Crippen LogP contribution in [0.1, 0.15) is 12.0 Å². The summed E-state index contributed by atoms with van der Waals surface area (Å²) in [6.07, 6.45) is 0.624. The molecule has 1 fully saturated rings. The van der Waals surface area contributed by atoms with Gasteiger partial charge in [0.1, 0.15) is 0 Å². The molecule has 0 spiro atoms. The van der Waals surface area contributed by atoms with Gasteiger partial charge in [-0.05, 0) is 24.1 Å². The Kier molecular flexibility index (Phi) is 5.43. The van der Waals surface area contributed by atoms with Gasteiger partial charge in [-0.15, -0.1) is 0 Å². The minimum atomic E-state index is -0.803. The molecule has 1 unspecified atom stereocenters. The quantitative estimate of drug-likeness (QED) is 0.764. The van der Waals surface area contributed by atoms with Crippen molar-refractivity contribution in [1.29, 1.82) is 0 Å². The molecule has 0 aromatic heterocycles. The smallest absolute Gasteiger partial charge is 0.303 e. The fourth-order valence-electron chi connectivity index (χ4n) is 1.97. The number of carbonyl (C=O) groups is 2. The summed E-state index contributed by atoms with van der Waals surface area (Å²) < 4.78 is 0. The number of benzene rings is 1. The summed E-state index contributed by atoms with van der Waals surface area (Å²) in [5.41, 5.74) is 1.70. The Balaban J connectivity index is 1.86. The molecule has 108 valence electrons. The normalized spacial score (nSPS) is 18.5. The lowest BCUT2D eigenvalue weighted by Crippen LogP contribution is -2.46. The van der Waals surface area contributed by atoms with Crippen LogP contribution < -0.4 is 10.6 Å². The average Bonchev–Trinajstić information content (AvgIpc) is 2.47. The second-order valence-electron chi connectivity index (χ2n) is 4.66. The highest BCUT2D eigenvalue weighted by atomic mass is 32.2. The van der Waals surface area contributed by atoms with E-state index in [2.05, 4.69) is 10.6 Å². The van der Waals surface area contributed by atoms with Gasteiger partial charge in [0.2, 0.25) is 5.91 Å². The van der Waals surface area contributed by atoms with Gasteiger partial charge in [0.15, 0.2) is 0 Å². The summed E-state index contributed by atoms with van der Waals surface area (Å²) in [7, 11) is 0. The molecular formula is C14H18N2O3S. The number of aryl methyl sites for hydroxylation is 1. The molecule has 0 saturated carbocycles. The molecule has 5 nitrogen and oxygen atoms in total. The highest BCUT2D eigenvalue weighted by molar-refractivity contribution is 7.99. The predicted octanol–water partition coefficient (Wildman–Crippen LogP) is 1.35. The SMILES string of the molecule is O=C(O)CCc1ccc(NC(=O)C2CSCCN2)cc1. The molecule has 0 aliphatic carbocycles. The molecule has 6 heteroatoms. The summed E-state index contributed by atoms with van der Waals surface area (Å²) in [5, 5.41) is 14.7. The van der Waals surface area contributed by atoms with Gasteiger partial charge >= 0.3 is 5.97 Å². The largest absolute Gasteiger partial charge is 0.481 e. The van der Waals surface area contributed by atoms with Crippen molar-refractivity contribution in [3.05, 3.63) is 29.8 Å². The van der Waals surface area contributed by atoms with Crippen LogP contribution in [0.25, 0.3) is 0 Å². The Labute approximate surface area is 122 Å². The first kappa shape index (κ1) is 14.9. The monoisotopic (exact) mass is 294 g/mol. The summed E-state index contributed by atoms with van der Waals surface area (Å²) in [6, 6.07) is 7.18. The van der Waals surface area contributed by atoms with E-state index in [1.807, 2.05) is 24.3 Å². The van der Waals surface area contributed by atoms with E-state index in [1.165, 1.54) is 0 Å². The second-order valence-corrected chi connectivity index (χ2v) is 5.81. The Morgan fingerprint density at radius 1 is 1.35 bits per heavy atom. The third-order valence-corrected chi connectivity index (χ3v) is 4.15. The fraction of sp³-hybridized carbons (Fsp3) is 0.429. The number of nitrogens with one attached hydrogen (secondary N) is 2. The van der Waals surface area contributed by atoms with Gasteiger partial charge in [-0.25, -0.2) is 0 Å². The summed E-state index contributed by atoms with van der Waals surface area (Å²) >= 11 is 1.77. The number of rotatable bonds is 5. The highest BCUT2D eigenvalue weighted by Gasteiger charge is 2.20. The second kappa shape index (κ2) is 7.31. The first-order valence-corrected chi connectivity index (χ1v) is 7.73. The van der Waals surface area contributed by atoms with Crippen molar-refractivity contribution in [2.24, 2.45) is 0 Å². The number of thioether (sulfide) groups is 1. The van der Waals surface area contributed by atoms with Gasteiger partial charge in [-0.2, -0.15) is 11.8 Å². The Bertz CT molecular complexity index is 470. The maximum atomic E-state index is 12.0. The van der Waals surface area contributed by atoms with E-state index >= 15 is 0 Å². The van der Waals surface area contributed by atoms with Gasteiger partial charge in [0, 0.05) is 30.2 Å². The van der Waals surface area contributed by atoms with Crippen molar-refractivity contribution in [2.45, 2.75) is 18.9 Å². The van der Waals surface area contributed by atoms with E-state index in [4.69, 9.17) is 5.11 Å². The molecule has 1 atom stereocenters. The van der Waals surface area contributed by atoms with Gasteiger partial charge in [0.05, 0.1) is 6.04 Å². The first-order valence-electron chi connectivity index (χ1n) is 6.58. The topological polar surface area (TPSA) is 78.4 Å². The summed E-state index contributed by atoms with van der Waals surface area (Å²) in [4.78, 5) is 22.5. The summed E-state index contributed by atoms with van der Waals surface area (Å²) in [5.74, 6) is 1.02. The molecule has 3 N–H and O–H groups in total. The molecule has 1 aromatic carbocycles. The van der Waals surface area contributed by atoms with Crippen LogP contribution in [0.15, 0.2) is 24.3 Å². The van der Waals surface area contributed by atoms with Gasteiger partial charge in [-0.3, -0.25) is 9.59 Å². The molecule has 20 heavy (non-hydrogen) atoms. The summed E-state index contributed by atoms with van der Waals surface area (Å²) in [6.45, 7) is 0.858. The van der Waals surface area contributed by atoms with E-state index in [9.17, 15) is 9.59 Å². The number of anilines is 1. The number of carbonyl (C=O) groups excluding carboxylic acids is 1. The molecule has 1 aliphatic rings. The maximum Gasteiger partial charge on any atom is 0.303 e. The third kappa shape index (κ3) is 4.54. The molecule has 1 amide bonds. The van der Waals surface area contributed by atoms with Crippen molar-refractivity contribution >= 4 is 29.3 Å².